The van der Waals surface area contributed by atoms with Crippen LogP contribution in [0.15, 0.2) is 34.9 Å². The molecule has 4 rings (SSSR count). The van der Waals surface area contributed by atoms with E-state index in [1.54, 1.807) is 8.61 Å². The molecule has 1 aromatic heterocycles. The second-order valence-corrected chi connectivity index (χ2v) is 8.90. The first-order valence-electron chi connectivity index (χ1n) is 9.54. The summed E-state index contributed by atoms with van der Waals surface area (Å²) < 4.78 is 34.5. The third kappa shape index (κ3) is 3.99. The number of hydrogen-bond donors (Lipinski definition) is 0. The fourth-order valence-electron chi connectivity index (χ4n) is 3.63. The maximum Gasteiger partial charge on any atom is 0.282 e. The number of piperidine rings is 1. The molecule has 8 nitrogen and oxygen atoms in total. The van der Waals surface area contributed by atoms with Crippen molar-refractivity contribution in [1.29, 1.82) is 0 Å². The van der Waals surface area contributed by atoms with E-state index in [4.69, 9.17) is 4.52 Å². The number of anilines is 1. The van der Waals surface area contributed by atoms with Crippen molar-refractivity contribution in [2.45, 2.75) is 25.7 Å². The molecule has 0 radical (unpaired) electrons. The summed E-state index contributed by atoms with van der Waals surface area (Å²) in [6.07, 6.45) is 3.75. The molecular formula is C18H25N5O3S. The van der Waals surface area contributed by atoms with Crippen LogP contribution in [0.4, 0.5) is 5.95 Å². The van der Waals surface area contributed by atoms with Crippen molar-refractivity contribution in [3.8, 4) is 11.5 Å². The molecule has 0 amide bonds. The Bertz CT molecular complexity index is 849. The molecule has 27 heavy (non-hydrogen) atoms. The molecule has 0 spiro atoms. The SMILES string of the molecule is O=S(=O)(N1CCCCC1)N1CCCN(c2noc(-c3ccccc3)n2)CC1. The molecule has 0 aliphatic carbocycles. The average Bonchev–Trinajstić information content (AvgIpc) is 3.07. The van der Waals surface area contributed by atoms with Crippen LogP contribution >= 0.6 is 0 Å². The fraction of sp³-hybridized carbons (Fsp3) is 0.556. The molecule has 2 aromatic rings. The van der Waals surface area contributed by atoms with Gasteiger partial charge in [0.25, 0.3) is 22.0 Å². The summed E-state index contributed by atoms with van der Waals surface area (Å²) in [5.74, 6) is 0.999. The number of aromatic nitrogens is 2. The zero-order valence-corrected chi connectivity index (χ0v) is 16.1. The smallest absolute Gasteiger partial charge is 0.282 e. The average molecular weight is 391 g/mol. The monoisotopic (exact) mass is 391 g/mol. The van der Waals surface area contributed by atoms with Crippen LogP contribution in [0.5, 0.6) is 0 Å². The van der Waals surface area contributed by atoms with Gasteiger partial charge in [-0.15, -0.1) is 0 Å². The second kappa shape index (κ2) is 7.95. The molecule has 9 heteroatoms. The summed E-state index contributed by atoms with van der Waals surface area (Å²) in [4.78, 5) is 6.49. The van der Waals surface area contributed by atoms with Crippen molar-refractivity contribution >= 4 is 16.2 Å². The number of benzene rings is 1. The van der Waals surface area contributed by atoms with Crippen molar-refractivity contribution in [3.63, 3.8) is 0 Å². The van der Waals surface area contributed by atoms with Gasteiger partial charge in [-0.1, -0.05) is 24.6 Å². The number of nitrogens with zero attached hydrogens (tertiary/aromatic N) is 5. The highest BCUT2D eigenvalue weighted by molar-refractivity contribution is 7.86. The molecule has 2 aliphatic rings. The van der Waals surface area contributed by atoms with Gasteiger partial charge in [0, 0.05) is 44.8 Å². The molecule has 0 saturated carbocycles. The lowest BCUT2D eigenvalue weighted by atomic mass is 10.2. The lowest BCUT2D eigenvalue weighted by molar-refractivity contribution is 0.307. The first kappa shape index (κ1) is 18.4. The van der Waals surface area contributed by atoms with Gasteiger partial charge in [-0.2, -0.15) is 22.0 Å². The lowest BCUT2D eigenvalue weighted by Gasteiger charge is -2.31. The standard InChI is InChI=1S/C18H25N5O3S/c24-27(25,22-11-5-2-6-12-22)23-13-7-10-21(14-15-23)18-19-17(26-20-18)16-8-3-1-4-9-16/h1,3-4,8-9H,2,5-7,10-15H2. The summed E-state index contributed by atoms with van der Waals surface area (Å²) in [5, 5.41) is 4.10. The highest BCUT2D eigenvalue weighted by Crippen LogP contribution is 2.22. The molecule has 0 bridgehead atoms. The summed E-state index contributed by atoms with van der Waals surface area (Å²) in [5.41, 5.74) is 0.875. The summed E-state index contributed by atoms with van der Waals surface area (Å²) in [7, 11) is -3.38. The highest BCUT2D eigenvalue weighted by atomic mass is 32.2. The Morgan fingerprint density at radius 3 is 2.30 bits per heavy atom. The topological polar surface area (TPSA) is 82.8 Å². The van der Waals surface area contributed by atoms with E-state index in [-0.39, 0.29) is 0 Å². The van der Waals surface area contributed by atoms with Gasteiger partial charge in [-0.3, -0.25) is 0 Å². The Morgan fingerprint density at radius 1 is 0.815 bits per heavy atom. The van der Waals surface area contributed by atoms with Gasteiger partial charge in [0.2, 0.25) is 0 Å². The van der Waals surface area contributed by atoms with Gasteiger partial charge in [-0.05, 0) is 36.6 Å². The molecule has 146 valence electrons. The quantitative estimate of drug-likeness (QED) is 0.793. The lowest BCUT2D eigenvalue weighted by Crippen LogP contribution is -2.47. The molecule has 0 unspecified atom stereocenters. The van der Waals surface area contributed by atoms with Crippen molar-refractivity contribution in [1.82, 2.24) is 18.8 Å². The van der Waals surface area contributed by atoms with Crippen LogP contribution in [0.1, 0.15) is 25.7 Å². The normalized spacial score (nSPS) is 20.5. The van der Waals surface area contributed by atoms with Gasteiger partial charge < -0.3 is 9.42 Å². The first-order chi connectivity index (χ1) is 13.1. The predicted octanol–water partition coefficient (Wildman–Crippen LogP) is 1.98. The largest absolute Gasteiger partial charge is 0.337 e. The summed E-state index contributed by atoms with van der Waals surface area (Å²) in [6, 6.07) is 9.63. The van der Waals surface area contributed by atoms with E-state index in [9.17, 15) is 8.42 Å². The number of hydrogen-bond acceptors (Lipinski definition) is 6. The van der Waals surface area contributed by atoms with Crippen molar-refractivity contribution < 1.29 is 12.9 Å². The summed E-state index contributed by atoms with van der Waals surface area (Å²) in [6.45, 7) is 3.50. The van der Waals surface area contributed by atoms with E-state index >= 15 is 0 Å². The zero-order valence-electron chi connectivity index (χ0n) is 15.3. The van der Waals surface area contributed by atoms with Crippen LogP contribution in [0.2, 0.25) is 0 Å². The van der Waals surface area contributed by atoms with E-state index in [2.05, 4.69) is 10.1 Å². The predicted molar refractivity (Wildman–Crippen MR) is 102 cm³/mol. The fourth-order valence-corrected chi connectivity index (χ4v) is 5.34. The van der Waals surface area contributed by atoms with Gasteiger partial charge in [-0.25, -0.2) is 0 Å². The maximum absolute atomic E-state index is 12.9. The zero-order chi connectivity index (χ0) is 18.7. The molecule has 0 N–H and O–H groups in total. The van der Waals surface area contributed by atoms with Crippen LogP contribution in [0.3, 0.4) is 0 Å². The summed E-state index contributed by atoms with van der Waals surface area (Å²) >= 11 is 0. The van der Waals surface area contributed by atoms with Crippen LogP contribution in [-0.4, -0.2) is 66.4 Å². The van der Waals surface area contributed by atoms with Crippen molar-refractivity contribution in [2.75, 3.05) is 44.2 Å². The molecular weight excluding hydrogens is 366 g/mol. The maximum atomic E-state index is 12.9. The van der Waals surface area contributed by atoms with Crippen molar-refractivity contribution in [2.24, 2.45) is 0 Å². The van der Waals surface area contributed by atoms with Gasteiger partial charge in [0.15, 0.2) is 0 Å². The first-order valence-corrected chi connectivity index (χ1v) is 10.9. The van der Waals surface area contributed by atoms with E-state index in [1.165, 1.54) is 0 Å². The molecule has 2 fully saturated rings. The van der Waals surface area contributed by atoms with E-state index in [0.717, 1.165) is 31.2 Å². The third-order valence-corrected chi connectivity index (χ3v) is 7.18. The van der Waals surface area contributed by atoms with Crippen LogP contribution in [0, 0.1) is 0 Å². The third-order valence-electron chi connectivity index (χ3n) is 5.14. The van der Waals surface area contributed by atoms with E-state index in [0.29, 0.717) is 51.1 Å². The van der Waals surface area contributed by atoms with E-state index < -0.39 is 10.2 Å². The van der Waals surface area contributed by atoms with E-state index in [1.807, 2.05) is 35.2 Å². The number of rotatable bonds is 4. The Balaban J connectivity index is 1.44. The minimum Gasteiger partial charge on any atom is -0.337 e. The Morgan fingerprint density at radius 2 is 1.52 bits per heavy atom. The van der Waals surface area contributed by atoms with Gasteiger partial charge in [0.1, 0.15) is 0 Å². The molecule has 3 heterocycles. The van der Waals surface area contributed by atoms with Crippen LogP contribution in [-0.2, 0) is 10.2 Å². The molecule has 0 atom stereocenters. The van der Waals surface area contributed by atoms with Crippen LogP contribution in [0.25, 0.3) is 11.5 Å². The van der Waals surface area contributed by atoms with Crippen molar-refractivity contribution in [3.05, 3.63) is 30.3 Å². The minimum absolute atomic E-state index is 0.439. The Labute approximate surface area is 159 Å². The Kier molecular flexibility index (Phi) is 5.42. The van der Waals surface area contributed by atoms with Gasteiger partial charge >= 0.3 is 0 Å². The minimum atomic E-state index is -3.38. The molecule has 2 aliphatic heterocycles. The Hall–Kier alpha value is -1.97. The molecule has 2 saturated heterocycles. The second-order valence-electron chi connectivity index (χ2n) is 6.97. The van der Waals surface area contributed by atoms with Gasteiger partial charge in [0.05, 0.1) is 0 Å². The highest BCUT2D eigenvalue weighted by Gasteiger charge is 2.32. The molecule has 1 aromatic carbocycles. The van der Waals surface area contributed by atoms with Crippen LogP contribution < -0.4 is 4.90 Å².